The maximum atomic E-state index is 8.81. The fourth-order valence-electron chi connectivity index (χ4n) is 2.68. The SMILES string of the molecule is CC=O.CNc1nnc(N2CCN(Cc3cnc4scnc4c3)CC2)s1. The Labute approximate surface area is 159 Å². The molecular weight excluding hydrogens is 370 g/mol. The number of rotatable bonds is 4. The molecule has 0 aliphatic carbocycles. The monoisotopic (exact) mass is 391 g/mol. The Morgan fingerprint density at radius 2 is 2.00 bits per heavy atom. The molecule has 1 aliphatic rings. The van der Waals surface area contributed by atoms with Crippen molar-refractivity contribution in [1.29, 1.82) is 0 Å². The van der Waals surface area contributed by atoms with Crippen molar-refractivity contribution in [1.82, 2.24) is 25.1 Å². The molecule has 1 saturated heterocycles. The van der Waals surface area contributed by atoms with Gasteiger partial charge < -0.3 is 15.0 Å². The van der Waals surface area contributed by atoms with Gasteiger partial charge in [-0.3, -0.25) is 4.90 Å². The van der Waals surface area contributed by atoms with Crippen molar-refractivity contribution in [3.8, 4) is 0 Å². The molecule has 0 radical (unpaired) electrons. The van der Waals surface area contributed by atoms with Gasteiger partial charge in [-0.05, 0) is 18.6 Å². The van der Waals surface area contributed by atoms with E-state index < -0.39 is 0 Å². The largest absolute Gasteiger partial charge is 0.363 e. The van der Waals surface area contributed by atoms with Gasteiger partial charge in [-0.1, -0.05) is 11.3 Å². The molecule has 3 aromatic rings. The zero-order chi connectivity index (χ0) is 18.4. The number of hydrogen-bond acceptors (Lipinski definition) is 10. The first-order chi connectivity index (χ1) is 12.7. The van der Waals surface area contributed by atoms with Gasteiger partial charge in [-0.25, -0.2) is 9.97 Å². The summed E-state index contributed by atoms with van der Waals surface area (Å²) < 4.78 is 0. The van der Waals surface area contributed by atoms with E-state index in [1.807, 2.05) is 18.8 Å². The van der Waals surface area contributed by atoms with Crippen LogP contribution in [0.25, 0.3) is 10.3 Å². The van der Waals surface area contributed by atoms with E-state index >= 15 is 0 Å². The standard InChI is InChI=1S/C14H17N7S2.C2H4O/c1-15-13-18-19-14(23-13)21-4-2-20(3-5-21)8-10-6-11-12(16-7-10)22-9-17-11;1-2-3/h6-7,9H,2-5,8H2,1H3,(H,15,18);2H,1H3. The fraction of sp³-hybridized carbons (Fsp3) is 0.438. The maximum absolute atomic E-state index is 8.81. The lowest BCUT2D eigenvalue weighted by Crippen LogP contribution is -2.45. The summed E-state index contributed by atoms with van der Waals surface area (Å²) in [5.41, 5.74) is 4.08. The van der Waals surface area contributed by atoms with Crippen LogP contribution in [-0.4, -0.2) is 64.6 Å². The molecule has 1 N–H and O–H groups in total. The van der Waals surface area contributed by atoms with Gasteiger partial charge in [0.15, 0.2) is 0 Å². The van der Waals surface area contributed by atoms with Crippen LogP contribution in [0, 0.1) is 0 Å². The number of carbonyl (C=O) groups excluding carboxylic acids is 1. The van der Waals surface area contributed by atoms with Crippen LogP contribution in [0.5, 0.6) is 0 Å². The third kappa shape index (κ3) is 4.51. The molecule has 1 fully saturated rings. The van der Waals surface area contributed by atoms with Crippen LogP contribution in [0.15, 0.2) is 17.8 Å². The Kier molecular flexibility index (Phi) is 6.42. The Hall–Kier alpha value is -2.17. The highest BCUT2D eigenvalue weighted by molar-refractivity contribution is 7.19. The summed E-state index contributed by atoms with van der Waals surface area (Å²) in [6.07, 6.45) is 2.72. The van der Waals surface area contributed by atoms with Crippen LogP contribution in [0.1, 0.15) is 12.5 Å². The van der Waals surface area contributed by atoms with Crippen molar-refractivity contribution in [3.63, 3.8) is 0 Å². The van der Waals surface area contributed by atoms with Crippen LogP contribution >= 0.6 is 22.7 Å². The van der Waals surface area contributed by atoms with Gasteiger partial charge in [0, 0.05) is 46.0 Å². The average Bonchev–Trinajstić information content (AvgIpc) is 3.32. The number of anilines is 2. The Morgan fingerprint density at radius 3 is 2.69 bits per heavy atom. The van der Waals surface area contributed by atoms with E-state index in [0.29, 0.717) is 0 Å². The molecule has 0 unspecified atom stereocenters. The highest BCUT2D eigenvalue weighted by Crippen LogP contribution is 2.25. The highest BCUT2D eigenvalue weighted by Gasteiger charge is 2.20. The summed E-state index contributed by atoms with van der Waals surface area (Å²) in [7, 11) is 1.87. The highest BCUT2D eigenvalue weighted by atomic mass is 32.1. The second-order valence-electron chi connectivity index (χ2n) is 5.66. The molecule has 3 aromatic heterocycles. The van der Waals surface area contributed by atoms with E-state index in [0.717, 1.165) is 59.6 Å². The number of piperazine rings is 1. The summed E-state index contributed by atoms with van der Waals surface area (Å²) in [5.74, 6) is 0. The summed E-state index contributed by atoms with van der Waals surface area (Å²) >= 11 is 3.19. The van der Waals surface area contributed by atoms with Crippen LogP contribution in [0.4, 0.5) is 10.3 Å². The summed E-state index contributed by atoms with van der Waals surface area (Å²) in [5, 5.41) is 13.3. The van der Waals surface area contributed by atoms with Crippen molar-refractivity contribution in [3.05, 3.63) is 23.3 Å². The first kappa shape index (κ1) is 18.6. The first-order valence-electron chi connectivity index (χ1n) is 8.30. The van der Waals surface area contributed by atoms with E-state index in [-0.39, 0.29) is 0 Å². The quantitative estimate of drug-likeness (QED) is 0.677. The smallest absolute Gasteiger partial charge is 0.210 e. The van der Waals surface area contributed by atoms with Crippen molar-refractivity contribution < 1.29 is 4.79 Å². The molecule has 26 heavy (non-hydrogen) atoms. The second kappa shape index (κ2) is 8.97. The number of thiazole rings is 1. The molecule has 0 amide bonds. The number of nitrogens with one attached hydrogen (secondary N) is 1. The maximum Gasteiger partial charge on any atom is 0.210 e. The van der Waals surface area contributed by atoms with Crippen LogP contribution in [0.2, 0.25) is 0 Å². The molecule has 0 spiro atoms. The third-order valence-corrected chi connectivity index (χ3v) is 5.67. The number of pyridine rings is 1. The predicted molar refractivity (Wildman–Crippen MR) is 106 cm³/mol. The van der Waals surface area contributed by atoms with E-state index in [4.69, 9.17) is 4.79 Å². The van der Waals surface area contributed by atoms with Gasteiger partial charge in [0.25, 0.3) is 0 Å². The molecule has 138 valence electrons. The molecule has 4 rings (SSSR count). The minimum absolute atomic E-state index is 0.750. The van der Waals surface area contributed by atoms with Gasteiger partial charge in [0.05, 0.1) is 5.51 Å². The lowest BCUT2D eigenvalue weighted by Gasteiger charge is -2.34. The first-order valence-corrected chi connectivity index (χ1v) is 9.99. The van der Waals surface area contributed by atoms with E-state index in [1.54, 1.807) is 22.7 Å². The van der Waals surface area contributed by atoms with Crippen molar-refractivity contribution in [2.24, 2.45) is 0 Å². The predicted octanol–water partition coefficient (Wildman–Crippen LogP) is 2.11. The normalized spacial score (nSPS) is 14.8. The van der Waals surface area contributed by atoms with Crippen LogP contribution in [-0.2, 0) is 11.3 Å². The zero-order valence-corrected chi connectivity index (χ0v) is 16.4. The van der Waals surface area contributed by atoms with E-state index in [9.17, 15) is 0 Å². The van der Waals surface area contributed by atoms with Gasteiger partial charge in [-0.15, -0.1) is 21.5 Å². The summed E-state index contributed by atoms with van der Waals surface area (Å²) in [4.78, 5) is 23.4. The van der Waals surface area contributed by atoms with E-state index in [1.165, 1.54) is 12.5 Å². The number of hydrogen-bond donors (Lipinski definition) is 1. The van der Waals surface area contributed by atoms with Gasteiger partial charge >= 0.3 is 0 Å². The number of nitrogens with zero attached hydrogens (tertiary/aromatic N) is 6. The number of carbonyl (C=O) groups is 1. The molecule has 0 atom stereocenters. The zero-order valence-electron chi connectivity index (χ0n) is 14.8. The fourth-order valence-corrected chi connectivity index (χ4v) is 4.05. The Morgan fingerprint density at radius 1 is 1.23 bits per heavy atom. The molecule has 0 saturated carbocycles. The molecule has 8 nitrogen and oxygen atoms in total. The average molecular weight is 392 g/mol. The summed E-state index contributed by atoms with van der Waals surface area (Å²) in [6.45, 7) is 6.36. The lowest BCUT2D eigenvalue weighted by molar-refractivity contribution is -0.106. The van der Waals surface area contributed by atoms with Crippen molar-refractivity contribution in [2.45, 2.75) is 13.5 Å². The van der Waals surface area contributed by atoms with Gasteiger partial charge in [0.1, 0.15) is 16.6 Å². The molecule has 0 aromatic carbocycles. The van der Waals surface area contributed by atoms with Crippen LogP contribution < -0.4 is 10.2 Å². The Balaban J connectivity index is 0.000000613. The third-order valence-electron chi connectivity index (χ3n) is 3.92. The van der Waals surface area contributed by atoms with E-state index in [2.05, 4.69) is 41.3 Å². The van der Waals surface area contributed by atoms with Gasteiger partial charge in [-0.2, -0.15) is 0 Å². The molecule has 10 heteroatoms. The lowest BCUT2D eigenvalue weighted by atomic mass is 10.2. The van der Waals surface area contributed by atoms with Crippen molar-refractivity contribution >= 4 is 49.6 Å². The number of fused-ring (bicyclic) bond motifs is 1. The molecular formula is C16H21N7OS2. The Bertz CT molecular complexity index is 842. The second-order valence-corrected chi connectivity index (χ2v) is 7.45. The summed E-state index contributed by atoms with van der Waals surface area (Å²) in [6, 6.07) is 2.15. The van der Waals surface area contributed by atoms with Crippen LogP contribution in [0.3, 0.4) is 0 Å². The molecule has 4 heterocycles. The number of aldehydes is 1. The number of aromatic nitrogens is 4. The molecule has 0 bridgehead atoms. The minimum Gasteiger partial charge on any atom is -0.363 e. The molecule has 1 aliphatic heterocycles. The van der Waals surface area contributed by atoms with Gasteiger partial charge in [0.2, 0.25) is 10.3 Å². The topological polar surface area (TPSA) is 87.1 Å². The minimum atomic E-state index is 0.750. The van der Waals surface area contributed by atoms with Crippen molar-refractivity contribution in [2.75, 3.05) is 43.4 Å².